The molecule has 0 bridgehead atoms. The largest absolute Gasteiger partial charge is 0.416 e. The van der Waals surface area contributed by atoms with Crippen LogP contribution in [0.15, 0.2) is 42.7 Å². The summed E-state index contributed by atoms with van der Waals surface area (Å²) in [5.41, 5.74) is 0.909. The summed E-state index contributed by atoms with van der Waals surface area (Å²) in [5.74, 6) is -0.690. The quantitative estimate of drug-likeness (QED) is 0.899. The number of amides is 1. The molecule has 1 aromatic heterocycles. The average Bonchev–Trinajstić information content (AvgIpc) is 2.97. The van der Waals surface area contributed by atoms with E-state index in [1.165, 1.54) is 12.1 Å². The molecule has 2 aromatic rings. The van der Waals surface area contributed by atoms with Crippen LogP contribution in [0.2, 0.25) is 0 Å². The van der Waals surface area contributed by atoms with E-state index in [1.54, 1.807) is 35.3 Å². The molecule has 1 atom stereocenters. The highest BCUT2D eigenvalue weighted by molar-refractivity contribution is 5.94. The molecule has 1 heterocycles. The van der Waals surface area contributed by atoms with Gasteiger partial charge in [-0.2, -0.15) is 18.3 Å². The maximum absolute atomic E-state index is 12.1. The molecule has 2 rings (SSSR count). The highest BCUT2D eigenvalue weighted by Crippen LogP contribution is 2.19. The lowest BCUT2D eigenvalue weighted by molar-refractivity contribution is -0.201. The van der Waals surface area contributed by atoms with Crippen molar-refractivity contribution in [2.75, 3.05) is 6.54 Å². The Morgan fingerprint density at radius 1 is 1.33 bits per heavy atom. The van der Waals surface area contributed by atoms with Gasteiger partial charge < -0.3 is 10.4 Å². The fourth-order valence-electron chi connectivity index (χ4n) is 1.59. The molecule has 21 heavy (non-hydrogen) atoms. The number of aliphatic hydroxyl groups is 1. The van der Waals surface area contributed by atoms with Crippen molar-refractivity contribution in [1.29, 1.82) is 0 Å². The SMILES string of the molecule is O=C(NCC(O)C(F)(F)F)c1ccc(-n2cccn2)cc1. The zero-order chi connectivity index (χ0) is 15.5. The fourth-order valence-corrected chi connectivity index (χ4v) is 1.59. The van der Waals surface area contributed by atoms with Crippen molar-refractivity contribution in [2.24, 2.45) is 0 Å². The normalized spacial score (nSPS) is 13.0. The standard InChI is InChI=1S/C13H12F3N3O2/c14-13(15,16)11(20)8-17-12(21)9-2-4-10(5-3-9)19-7-1-6-18-19/h1-7,11,20H,8H2,(H,17,21). The predicted octanol–water partition coefficient (Wildman–Crippen LogP) is 1.53. The van der Waals surface area contributed by atoms with E-state index >= 15 is 0 Å². The molecule has 0 fully saturated rings. The second-order valence-electron chi connectivity index (χ2n) is 4.26. The van der Waals surface area contributed by atoms with Gasteiger partial charge in [-0.15, -0.1) is 0 Å². The summed E-state index contributed by atoms with van der Waals surface area (Å²) >= 11 is 0. The molecule has 0 aliphatic rings. The number of benzene rings is 1. The third kappa shape index (κ3) is 3.82. The van der Waals surface area contributed by atoms with Crippen LogP contribution < -0.4 is 5.32 Å². The van der Waals surface area contributed by atoms with Crippen LogP contribution in [0.5, 0.6) is 0 Å². The number of rotatable bonds is 4. The molecule has 112 valence electrons. The first kappa shape index (κ1) is 15.0. The van der Waals surface area contributed by atoms with Crippen molar-refractivity contribution >= 4 is 5.91 Å². The Bertz CT molecular complexity index is 594. The summed E-state index contributed by atoms with van der Waals surface area (Å²) in [5, 5.41) is 14.8. The van der Waals surface area contributed by atoms with Gasteiger partial charge in [0, 0.05) is 18.0 Å². The van der Waals surface area contributed by atoms with Crippen molar-refractivity contribution in [2.45, 2.75) is 12.3 Å². The number of hydrogen-bond donors (Lipinski definition) is 2. The Labute approximate surface area is 118 Å². The Morgan fingerprint density at radius 3 is 2.52 bits per heavy atom. The second-order valence-corrected chi connectivity index (χ2v) is 4.26. The summed E-state index contributed by atoms with van der Waals surface area (Å²) in [7, 11) is 0. The first-order chi connectivity index (χ1) is 9.88. The molecular weight excluding hydrogens is 287 g/mol. The van der Waals surface area contributed by atoms with Crippen molar-refractivity contribution < 1.29 is 23.1 Å². The van der Waals surface area contributed by atoms with E-state index in [1.807, 2.05) is 5.32 Å². The van der Waals surface area contributed by atoms with Gasteiger partial charge >= 0.3 is 6.18 Å². The smallest absolute Gasteiger partial charge is 0.382 e. The fraction of sp³-hybridized carbons (Fsp3) is 0.231. The van der Waals surface area contributed by atoms with Crippen LogP contribution >= 0.6 is 0 Å². The maximum Gasteiger partial charge on any atom is 0.416 e. The minimum atomic E-state index is -4.75. The number of hydrogen-bond acceptors (Lipinski definition) is 3. The molecule has 1 aromatic carbocycles. The van der Waals surface area contributed by atoms with Gasteiger partial charge in [-0.1, -0.05) is 0 Å². The van der Waals surface area contributed by atoms with E-state index in [-0.39, 0.29) is 5.56 Å². The lowest BCUT2D eigenvalue weighted by Crippen LogP contribution is -2.40. The summed E-state index contributed by atoms with van der Waals surface area (Å²) in [6, 6.07) is 7.89. The number of nitrogens with one attached hydrogen (secondary N) is 1. The van der Waals surface area contributed by atoms with Crippen LogP contribution in [0.4, 0.5) is 13.2 Å². The maximum atomic E-state index is 12.1. The summed E-state index contributed by atoms with van der Waals surface area (Å²) < 4.78 is 37.9. The molecule has 0 aliphatic heterocycles. The molecule has 1 amide bonds. The highest BCUT2D eigenvalue weighted by atomic mass is 19.4. The minimum absolute atomic E-state index is 0.195. The van der Waals surface area contributed by atoms with Crippen LogP contribution in [-0.4, -0.2) is 39.6 Å². The van der Waals surface area contributed by atoms with Gasteiger partial charge in [-0.25, -0.2) is 4.68 Å². The average molecular weight is 299 g/mol. The lowest BCUT2D eigenvalue weighted by atomic mass is 10.2. The Kier molecular flexibility index (Phi) is 4.27. The number of carbonyl (C=O) groups is 1. The van der Waals surface area contributed by atoms with Gasteiger partial charge in [0.05, 0.1) is 12.2 Å². The van der Waals surface area contributed by atoms with E-state index in [2.05, 4.69) is 5.10 Å². The van der Waals surface area contributed by atoms with E-state index in [4.69, 9.17) is 5.11 Å². The molecule has 1 unspecified atom stereocenters. The molecule has 0 radical (unpaired) electrons. The third-order valence-corrected chi connectivity index (χ3v) is 2.73. The van der Waals surface area contributed by atoms with Crippen molar-refractivity contribution in [3.05, 3.63) is 48.3 Å². The second kappa shape index (κ2) is 5.96. The van der Waals surface area contributed by atoms with Crippen LogP contribution in [0.3, 0.4) is 0 Å². The van der Waals surface area contributed by atoms with Gasteiger partial charge in [-0.3, -0.25) is 4.79 Å². The Morgan fingerprint density at radius 2 is 2.00 bits per heavy atom. The first-order valence-corrected chi connectivity index (χ1v) is 6.01. The number of nitrogens with zero attached hydrogens (tertiary/aromatic N) is 2. The molecule has 0 saturated carbocycles. The van der Waals surface area contributed by atoms with Crippen LogP contribution in [0.1, 0.15) is 10.4 Å². The van der Waals surface area contributed by atoms with E-state index in [0.717, 1.165) is 0 Å². The molecule has 5 nitrogen and oxygen atoms in total. The number of aliphatic hydroxyl groups excluding tert-OH is 1. The predicted molar refractivity (Wildman–Crippen MR) is 68.0 cm³/mol. The van der Waals surface area contributed by atoms with Gasteiger partial charge in [-0.05, 0) is 30.3 Å². The Hall–Kier alpha value is -2.35. The number of alkyl halides is 3. The van der Waals surface area contributed by atoms with E-state index in [9.17, 15) is 18.0 Å². The van der Waals surface area contributed by atoms with Gasteiger partial charge in [0.25, 0.3) is 5.91 Å². The van der Waals surface area contributed by atoms with Crippen LogP contribution in [-0.2, 0) is 0 Å². The molecule has 2 N–H and O–H groups in total. The number of aromatic nitrogens is 2. The van der Waals surface area contributed by atoms with Gasteiger partial charge in [0.1, 0.15) is 0 Å². The lowest BCUT2D eigenvalue weighted by Gasteiger charge is -2.15. The number of halogens is 3. The molecule has 8 heteroatoms. The van der Waals surface area contributed by atoms with Crippen molar-refractivity contribution in [3.8, 4) is 5.69 Å². The van der Waals surface area contributed by atoms with Crippen molar-refractivity contribution in [1.82, 2.24) is 15.1 Å². The van der Waals surface area contributed by atoms with Gasteiger partial charge in [0.15, 0.2) is 6.10 Å². The molecule has 0 aliphatic carbocycles. The third-order valence-electron chi connectivity index (χ3n) is 2.73. The zero-order valence-electron chi connectivity index (χ0n) is 10.7. The number of carbonyl (C=O) groups excluding carboxylic acids is 1. The van der Waals surface area contributed by atoms with Crippen molar-refractivity contribution in [3.63, 3.8) is 0 Å². The van der Waals surface area contributed by atoms with Crippen LogP contribution in [0.25, 0.3) is 5.69 Å². The molecule has 0 saturated heterocycles. The molecular formula is C13H12F3N3O2. The summed E-state index contributed by atoms with van der Waals surface area (Å²) in [6.45, 7) is -0.886. The summed E-state index contributed by atoms with van der Waals surface area (Å²) in [4.78, 5) is 11.7. The summed E-state index contributed by atoms with van der Waals surface area (Å²) in [6.07, 6.45) is -4.02. The minimum Gasteiger partial charge on any atom is -0.382 e. The Balaban J connectivity index is 1.97. The van der Waals surface area contributed by atoms with Gasteiger partial charge in [0.2, 0.25) is 0 Å². The first-order valence-electron chi connectivity index (χ1n) is 6.01. The van der Waals surface area contributed by atoms with Crippen LogP contribution in [0, 0.1) is 0 Å². The zero-order valence-corrected chi connectivity index (χ0v) is 10.7. The van der Waals surface area contributed by atoms with E-state index < -0.39 is 24.7 Å². The monoisotopic (exact) mass is 299 g/mol. The highest BCUT2D eigenvalue weighted by Gasteiger charge is 2.38. The van der Waals surface area contributed by atoms with E-state index in [0.29, 0.717) is 5.69 Å². The molecule has 0 spiro atoms. The topological polar surface area (TPSA) is 67.2 Å².